The van der Waals surface area contributed by atoms with Gasteiger partial charge < -0.3 is 58.1 Å². The number of hydrogen-bond donors (Lipinski definition) is 7. The first kappa shape index (κ1) is 99.7. The number of hydrogen-bond acceptors (Lipinski definition) is 25. The number of aromatic nitrogens is 12. The monoisotopic (exact) mass is 1900 g/mol. The second-order valence-corrected chi connectivity index (χ2v) is 36.6. The maximum absolute atomic E-state index is 15.4. The second kappa shape index (κ2) is 44.2. The van der Waals surface area contributed by atoms with Gasteiger partial charge in [0.15, 0.2) is 58.1 Å². The predicted octanol–water partition coefficient (Wildman–Crippen LogP) is 15.6. The van der Waals surface area contributed by atoms with Crippen LogP contribution in [0.4, 0.5) is 94.8 Å². The van der Waals surface area contributed by atoms with Gasteiger partial charge in [0.25, 0.3) is 5.92 Å². The smallest absolute Gasteiger partial charge is 0.402 e. The molecule has 10 N–H and O–H groups in total. The number of rotatable bonds is 37. The molecule has 0 spiro atoms. The number of allylic oxidation sites excluding steroid dienone is 1. The summed E-state index contributed by atoms with van der Waals surface area (Å²) in [4.78, 5) is 82.3. The molecule has 3 amide bonds. The van der Waals surface area contributed by atoms with Crippen molar-refractivity contribution in [2.75, 3.05) is 60.2 Å². The van der Waals surface area contributed by atoms with Crippen LogP contribution in [0, 0.1) is 29.2 Å². The number of primary amides is 2. The van der Waals surface area contributed by atoms with Crippen molar-refractivity contribution < 1.29 is 71.1 Å². The van der Waals surface area contributed by atoms with Gasteiger partial charge in [-0.25, -0.2) is 71.3 Å². The van der Waals surface area contributed by atoms with E-state index in [0.717, 1.165) is 122 Å². The summed E-state index contributed by atoms with van der Waals surface area (Å²) in [5, 5.41) is 18.5. The molecule has 5 aromatic carbocycles. The van der Waals surface area contributed by atoms with Crippen LogP contribution in [0.5, 0.6) is 0 Å². The molecule has 29 nitrogen and oxygen atoms in total. The molecule has 718 valence electrons. The first-order valence-electron chi connectivity index (χ1n) is 44.2. The Kier molecular flexibility index (Phi) is 32.4. The zero-order valence-electron chi connectivity index (χ0n) is 75.3. The molecule has 6 aromatic heterocycles. The Labute approximate surface area is 779 Å². The molecular formula is C95H105F11N24O5S. The van der Waals surface area contributed by atoms with Crippen LogP contribution in [0.15, 0.2) is 183 Å². The van der Waals surface area contributed by atoms with Crippen molar-refractivity contribution in [3.8, 4) is 0 Å². The van der Waals surface area contributed by atoms with Gasteiger partial charge in [-0.3, -0.25) is 14.4 Å². The number of alkyl halides is 7. The molecule has 0 unspecified atom stereocenters. The Morgan fingerprint density at radius 2 is 0.779 bits per heavy atom. The van der Waals surface area contributed by atoms with Crippen molar-refractivity contribution in [3.63, 3.8) is 0 Å². The molecule has 16 rings (SSSR count). The number of piperidine rings is 1. The quantitative estimate of drug-likeness (QED) is 0.0178. The van der Waals surface area contributed by atoms with E-state index in [1.807, 2.05) is 65.6 Å². The number of benzene rings is 5. The Morgan fingerprint density at radius 1 is 0.434 bits per heavy atom. The number of carbonyl (C=O) groups is 3. The Hall–Kier alpha value is -13.7. The summed E-state index contributed by atoms with van der Waals surface area (Å²) in [7, 11) is -3.32. The zero-order chi connectivity index (χ0) is 97.3. The van der Waals surface area contributed by atoms with Crippen molar-refractivity contribution in [2.45, 2.75) is 205 Å². The fraction of sp³-hybridized carbons (Fsp3) is 0.379. The molecule has 1 saturated heterocycles. The van der Waals surface area contributed by atoms with E-state index in [9.17, 15) is 53.5 Å². The first-order valence-corrected chi connectivity index (χ1v) is 46.0. The lowest BCUT2D eigenvalue weighted by molar-refractivity contribution is -0.141. The van der Waals surface area contributed by atoms with Crippen LogP contribution >= 0.6 is 0 Å². The van der Waals surface area contributed by atoms with Crippen LogP contribution in [-0.2, 0) is 108 Å². The molecule has 5 aliphatic rings. The number of nitrogens with two attached hydrogens (primary N) is 3. The molecule has 7 heterocycles. The lowest BCUT2D eigenvalue weighted by Crippen LogP contribution is -2.41. The molecule has 4 aliphatic carbocycles. The van der Waals surface area contributed by atoms with Crippen molar-refractivity contribution in [3.05, 3.63) is 285 Å². The van der Waals surface area contributed by atoms with Gasteiger partial charge in [0.2, 0.25) is 51.0 Å². The second-order valence-electron chi connectivity index (χ2n) is 34.6. The number of nitrogens with one attached hydrogen (secondary N) is 4. The highest BCUT2D eigenvalue weighted by Crippen LogP contribution is 2.41. The molecule has 1 aliphatic heterocycles. The molecule has 4 saturated carbocycles. The highest BCUT2D eigenvalue weighted by atomic mass is 32.2. The summed E-state index contributed by atoms with van der Waals surface area (Å²) in [5.74, 6) is -9.65. The molecule has 5 fully saturated rings. The van der Waals surface area contributed by atoms with E-state index < -0.39 is 80.6 Å². The van der Waals surface area contributed by atoms with E-state index in [2.05, 4.69) is 126 Å². The van der Waals surface area contributed by atoms with Crippen LogP contribution in [0.2, 0.25) is 0 Å². The number of amides is 3. The van der Waals surface area contributed by atoms with Gasteiger partial charge in [-0.15, -0.1) is 5.10 Å². The third kappa shape index (κ3) is 28.4. The largest absolute Gasteiger partial charge is 0.435 e. The lowest BCUT2D eigenvalue weighted by Gasteiger charge is -2.29. The topological polar surface area (TPSA) is 382 Å². The number of nitrogens with zero attached hydrogens (tertiary/aromatic N) is 17. The van der Waals surface area contributed by atoms with Gasteiger partial charge >= 0.3 is 12.1 Å². The minimum Gasteiger partial charge on any atom is -0.402 e. The Balaban J connectivity index is 0.000000153. The van der Waals surface area contributed by atoms with E-state index in [4.69, 9.17) is 17.2 Å². The minimum absolute atomic E-state index is 0.0196. The third-order valence-electron chi connectivity index (χ3n) is 22.9. The van der Waals surface area contributed by atoms with Crippen molar-refractivity contribution in [1.82, 2.24) is 64.3 Å². The van der Waals surface area contributed by atoms with Crippen LogP contribution < -0.4 is 58.1 Å². The fourth-order valence-corrected chi connectivity index (χ4v) is 15.8. The van der Waals surface area contributed by atoms with E-state index in [-0.39, 0.29) is 122 Å². The van der Waals surface area contributed by atoms with E-state index in [0.29, 0.717) is 74.5 Å². The predicted molar refractivity (Wildman–Crippen MR) is 492 cm³/mol. The van der Waals surface area contributed by atoms with Gasteiger partial charge in [-0.2, -0.15) is 44.6 Å². The van der Waals surface area contributed by atoms with Gasteiger partial charge in [-0.1, -0.05) is 142 Å². The first-order chi connectivity index (χ1) is 64.7. The van der Waals surface area contributed by atoms with Crippen LogP contribution in [-0.4, -0.2) is 134 Å². The van der Waals surface area contributed by atoms with Gasteiger partial charge in [0.1, 0.15) is 25.3 Å². The maximum Gasteiger partial charge on any atom is 0.435 e. The van der Waals surface area contributed by atoms with Crippen molar-refractivity contribution in [1.29, 1.82) is 0 Å². The third-order valence-corrected chi connectivity index (χ3v) is 24.2. The standard InChI is InChI=1S/C26H30FN5O.C23H23F4N7.C23H24F3N7O.C23H28F3N5O3S/c1-17(2)21-9-7-20(8-10-21)15-32(22-11-12-22)26-24(27)25(30-16-31-26)29-14-19-5-3-18(4-6-19)13-23(28)33;1-14(28)10-15-2-4-16(5-3-15)11-29-21-20(24)22(31-13-30-21)34(18-7-8-18)12-17-6-9-19(33-32-17)23(25,26)27;1-23(25,26)22-29-10-16(11-30-22)12-33(17-6-7-17)21-19(24)20(31-13-32-21)28-9-15-4-2-14(3-5-15)8-18(27)34;1-23(25,26)17-5-3-15(4-6-17)13-31(18-7-8-18)21-19(24)20(27-14-28-21)29-22(32)16-9-11-30(12-10-16)35(2,33)34/h3-10,16-17,22H,11-15H2,1-2H3,(H2,28,33)(H,29,30,31);2-6,9,13,18H,1,7-8,10-12,28H2,(H,29,30,31);2-5,10-11,13,17H,6-9,12H2,1H3,(H2,27,34)(H,28,31,32);3-6,14,16,18H,7-13H2,1-2H3,(H,27,28,29,32). The van der Waals surface area contributed by atoms with E-state index >= 15 is 17.6 Å². The summed E-state index contributed by atoms with van der Waals surface area (Å²) >= 11 is 0. The summed E-state index contributed by atoms with van der Waals surface area (Å²) in [6.45, 7) is 12.3. The van der Waals surface area contributed by atoms with Gasteiger partial charge in [-0.05, 0) is 132 Å². The molecule has 11 aromatic rings. The normalized spacial score (nSPS) is 14.6. The zero-order valence-corrected chi connectivity index (χ0v) is 76.2. The molecule has 41 heteroatoms. The molecule has 0 radical (unpaired) electrons. The number of sulfonamides is 1. The van der Waals surface area contributed by atoms with Crippen LogP contribution in [0.3, 0.4) is 0 Å². The number of anilines is 8. The SMILES string of the molecule is C=C(N)Cc1ccc(CNc2ncnc(N(Cc3ccc(C(F)(F)F)nn3)C3CC3)c2F)cc1.CC(C)c1ccc(CN(c2ncnc(NCc3ccc(CC(N)=O)cc3)c2F)C2CC2)cc1.CC(F)(F)c1ccc(CN(c2ncnc(NC(=O)C3CCN(S(C)(=O)=O)CC3)c2F)C2CC2)cc1.CC(F)(F)c1ncc(CN(c2ncnc(NCc3ccc(CC(N)=O)cc3)c2F)C2CC2)cn1. The summed E-state index contributed by atoms with van der Waals surface area (Å²) < 4.78 is 178. The number of halogens is 11. The maximum atomic E-state index is 15.4. The molecule has 0 atom stereocenters. The van der Waals surface area contributed by atoms with Gasteiger partial charge in [0.05, 0.1) is 31.3 Å². The minimum atomic E-state index is -4.57. The molecule has 0 bridgehead atoms. The Bertz CT molecular complexity index is 5850. The summed E-state index contributed by atoms with van der Waals surface area (Å²) in [6.07, 6.45) is 13.1. The average Bonchev–Trinajstić information content (AvgIpc) is 1.70. The van der Waals surface area contributed by atoms with E-state index in [1.54, 1.807) is 39.0 Å². The Morgan fingerprint density at radius 3 is 1.11 bits per heavy atom. The highest BCUT2D eigenvalue weighted by Gasteiger charge is 2.40. The number of carbonyl (C=O) groups excluding carboxylic acids is 3. The summed E-state index contributed by atoms with van der Waals surface area (Å²) in [6, 6.07) is 39.4. The lowest BCUT2D eigenvalue weighted by atomic mass is 9.97. The van der Waals surface area contributed by atoms with E-state index in [1.165, 1.54) is 65.8 Å². The molecule has 136 heavy (non-hydrogen) atoms. The average molecular weight is 1900 g/mol. The fourth-order valence-electron chi connectivity index (χ4n) is 14.9. The van der Waals surface area contributed by atoms with Crippen LogP contribution in [0.1, 0.15) is 176 Å². The van der Waals surface area contributed by atoms with Crippen LogP contribution in [0.25, 0.3) is 0 Å². The van der Waals surface area contributed by atoms with Crippen molar-refractivity contribution in [2.24, 2.45) is 23.1 Å². The van der Waals surface area contributed by atoms with Gasteiger partial charge in [0, 0.05) is 132 Å². The van der Waals surface area contributed by atoms with Crippen molar-refractivity contribution >= 4 is 74.3 Å². The highest BCUT2D eigenvalue weighted by molar-refractivity contribution is 7.88. The summed E-state index contributed by atoms with van der Waals surface area (Å²) in [5.41, 5.74) is 24.9. The molecular weight excluding hydrogens is 1800 g/mol.